The number of fused-ring (bicyclic) bond motifs is 1. The van der Waals surface area contributed by atoms with Gasteiger partial charge in [-0.05, 0) is 63.9 Å². The van der Waals surface area contributed by atoms with Gasteiger partial charge >= 0.3 is 0 Å². The Morgan fingerprint density at radius 2 is 1.40 bits per heavy atom. The van der Waals surface area contributed by atoms with Crippen molar-refractivity contribution in [1.82, 2.24) is 4.98 Å². The number of hydrogen-bond donors (Lipinski definition) is 1. The smallest absolute Gasteiger partial charge is 0.0940 e. The van der Waals surface area contributed by atoms with Gasteiger partial charge in [0, 0.05) is 11.3 Å². The molecule has 2 nitrogen and oxygen atoms in total. The molecule has 1 heterocycles. The first-order valence-corrected chi connectivity index (χ1v) is 12.7. The van der Waals surface area contributed by atoms with Crippen molar-refractivity contribution in [3.05, 3.63) is 119 Å². The lowest BCUT2D eigenvalue weighted by molar-refractivity contribution is 0.745. The van der Waals surface area contributed by atoms with Crippen LogP contribution in [0.1, 0.15) is 57.3 Å². The molecule has 0 saturated heterocycles. The summed E-state index contributed by atoms with van der Waals surface area (Å²) in [6.45, 7) is 9.07. The van der Waals surface area contributed by atoms with E-state index in [9.17, 15) is 0 Å². The molecule has 4 aromatic rings. The van der Waals surface area contributed by atoms with Gasteiger partial charge in [0.15, 0.2) is 0 Å². The maximum absolute atomic E-state index is 5.27. The van der Waals surface area contributed by atoms with Crippen LogP contribution >= 0.6 is 0 Å². The standard InChI is InChI=1S/C33H34N2/c1-22(2)25-16-10-18-29(25)33(35-30-19-8-7-14-26(30)23(3)4)32-21-11-20-31(34-32)28-17-9-13-24-12-5-6-15-27(24)28/h5-9,11-23,33,35H,10H2,1-4H3. The molecule has 0 spiro atoms. The van der Waals surface area contributed by atoms with Gasteiger partial charge in [-0.25, -0.2) is 0 Å². The Kier molecular flexibility index (Phi) is 6.55. The van der Waals surface area contributed by atoms with Crippen molar-refractivity contribution < 1.29 is 0 Å². The second-order valence-electron chi connectivity index (χ2n) is 10.0. The normalized spacial score (nSPS) is 14.3. The van der Waals surface area contributed by atoms with Crippen molar-refractivity contribution in [2.75, 3.05) is 5.32 Å². The lowest BCUT2D eigenvalue weighted by Gasteiger charge is -2.27. The molecule has 3 aromatic carbocycles. The van der Waals surface area contributed by atoms with E-state index in [0.717, 1.165) is 17.8 Å². The lowest BCUT2D eigenvalue weighted by atomic mass is 9.90. The van der Waals surface area contributed by atoms with Crippen LogP contribution in [0.15, 0.2) is 108 Å². The highest BCUT2D eigenvalue weighted by molar-refractivity contribution is 5.95. The minimum absolute atomic E-state index is 0.0130. The van der Waals surface area contributed by atoms with E-state index in [0.29, 0.717) is 11.8 Å². The van der Waals surface area contributed by atoms with Crippen LogP contribution in [0.3, 0.4) is 0 Å². The molecule has 0 bridgehead atoms. The van der Waals surface area contributed by atoms with Crippen molar-refractivity contribution >= 4 is 16.5 Å². The maximum Gasteiger partial charge on any atom is 0.0940 e. The first-order valence-electron chi connectivity index (χ1n) is 12.7. The van der Waals surface area contributed by atoms with Gasteiger partial charge < -0.3 is 5.32 Å². The predicted molar refractivity (Wildman–Crippen MR) is 150 cm³/mol. The molecule has 0 fully saturated rings. The number of hydrogen-bond acceptors (Lipinski definition) is 2. The third kappa shape index (κ3) is 4.66. The van der Waals surface area contributed by atoms with Gasteiger partial charge in [0.05, 0.1) is 17.4 Å². The van der Waals surface area contributed by atoms with Crippen LogP contribution in [0.5, 0.6) is 0 Å². The number of allylic oxidation sites excluding steroid dienone is 2. The zero-order valence-electron chi connectivity index (χ0n) is 21.1. The molecular formula is C33H34N2. The molecular weight excluding hydrogens is 424 g/mol. The van der Waals surface area contributed by atoms with Gasteiger partial charge in [-0.1, -0.05) is 107 Å². The van der Waals surface area contributed by atoms with E-state index < -0.39 is 0 Å². The summed E-state index contributed by atoms with van der Waals surface area (Å²) in [6, 6.07) is 30.1. The number of nitrogens with zero attached hydrogens (tertiary/aromatic N) is 1. The number of pyridine rings is 1. The molecule has 5 rings (SSSR count). The van der Waals surface area contributed by atoms with E-state index >= 15 is 0 Å². The Labute approximate surface area is 209 Å². The number of benzene rings is 3. The Balaban J connectivity index is 1.62. The number of para-hydroxylation sites is 1. The summed E-state index contributed by atoms with van der Waals surface area (Å²) in [5.74, 6) is 0.904. The van der Waals surface area contributed by atoms with Crippen LogP contribution in [0.4, 0.5) is 5.69 Å². The Bertz CT molecular complexity index is 1400. The molecule has 176 valence electrons. The van der Waals surface area contributed by atoms with Crippen molar-refractivity contribution in [3.8, 4) is 11.3 Å². The quantitative estimate of drug-likeness (QED) is 0.299. The van der Waals surface area contributed by atoms with Crippen LogP contribution in [0.2, 0.25) is 0 Å². The average Bonchev–Trinajstić information content (AvgIpc) is 3.37. The zero-order valence-corrected chi connectivity index (χ0v) is 21.1. The summed E-state index contributed by atoms with van der Waals surface area (Å²) < 4.78 is 0. The molecule has 1 aliphatic rings. The summed E-state index contributed by atoms with van der Waals surface area (Å²) in [5, 5.41) is 6.39. The molecule has 0 amide bonds. The maximum atomic E-state index is 5.27. The summed E-state index contributed by atoms with van der Waals surface area (Å²) in [6.07, 6.45) is 5.73. The number of anilines is 1. The summed E-state index contributed by atoms with van der Waals surface area (Å²) in [7, 11) is 0. The fourth-order valence-electron chi connectivity index (χ4n) is 5.21. The molecule has 1 aromatic heterocycles. The second kappa shape index (κ2) is 9.92. The average molecular weight is 459 g/mol. The van der Waals surface area contributed by atoms with Crippen LogP contribution < -0.4 is 5.32 Å². The van der Waals surface area contributed by atoms with Gasteiger partial charge in [0.1, 0.15) is 0 Å². The predicted octanol–water partition coefficient (Wildman–Crippen LogP) is 9.09. The van der Waals surface area contributed by atoms with Crippen LogP contribution in [-0.2, 0) is 0 Å². The van der Waals surface area contributed by atoms with Crippen molar-refractivity contribution in [1.29, 1.82) is 0 Å². The summed E-state index contributed by atoms with van der Waals surface area (Å²) in [4.78, 5) is 5.27. The van der Waals surface area contributed by atoms with Crippen LogP contribution in [-0.4, -0.2) is 4.98 Å². The summed E-state index contributed by atoms with van der Waals surface area (Å²) >= 11 is 0. The van der Waals surface area contributed by atoms with Crippen molar-refractivity contribution in [2.24, 2.45) is 5.92 Å². The third-order valence-corrected chi connectivity index (χ3v) is 6.96. The van der Waals surface area contributed by atoms with Gasteiger partial charge in [-0.15, -0.1) is 0 Å². The third-order valence-electron chi connectivity index (χ3n) is 6.96. The highest BCUT2D eigenvalue weighted by Crippen LogP contribution is 2.39. The van der Waals surface area contributed by atoms with E-state index in [4.69, 9.17) is 4.98 Å². The van der Waals surface area contributed by atoms with E-state index in [1.165, 1.54) is 38.7 Å². The zero-order chi connectivity index (χ0) is 24.4. The fraction of sp³-hybridized carbons (Fsp3) is 0.242. The molecule has 35 heavy (non-hydrogen) atoms. The van der Waals surface area contributed by atoms with Crippen LogP contribution in [0, 0.1) is 5.92 Å². The van der Waals surface area contributed by atoms with Gasteiger partial charge in [0.25, 0.3) is 0 Å². The SMILES string of the molecule is CC(C)C1=CCC=C1C(Nc1ccccc1C(C)C)c1cccc(-c2cccc3ccccc23)n1. The molecule has 2 heteroatoms. The van der Waals surface area contributed by atoms with Crippen molar-refractivity contribution in [2.45, 2.75) is 46.1 Å². The Morgan fingerprint density at radius 1 is 0.686 bits per heavy atom. The highest BCUT2D eigenvalue weighted by atomic mass is 15.0. The van der Waals surface area contributed by atoms with Gasteiger partial charge in [0.2, 0.25) is 0 Å². The van der Waals surface area contributed by atoms with E-state index in [1.807, 2.05) is 0 Å². The minimum Gasteiger partial charge on any atom is -0.373 e. The molecule has 1 atom stereocenters. The van der Waals surface area contributed by atoms with E-state index in [-0.39, 0.29) is 6.04 Å². The van der Waals surface area contributed by atoms with E-state index in [1.54, 1.807) is 0 Å². The van der Waals surface area contributed by atoms with E-state index in [2.05, 4.69) is 130 Å². The summed E-state index contributed by atoms with van der Waals surface area (Å²) in [5.41, 5.74) is 8.51. The molecule has 1 unspecified atom stereocenters. The minimum atomic E-state index is -0.0130. The lowest BCUT2D eigenvalue weighted by Crippen LogP contribution is -2.18. The van der Waals surface area contributed by atoms with Crippen LogP contribution in [0.25, 0.3) is 22.0 Å². The first kappa shape index (κ1) is 23.1. The topological polar surface area (TPSA) is 24.9 Å². The Hall–Kier alpha value is -3.65. The molecule has 1 N–H and O–H groups in total. The number of rotatable bonds is 7. The molecule has 0 aliphatic heterocycles. The second-order valence-corrected chi connectivity index (χ2v) is 10.0. The van der Waals surface area contributed by atoms with Gasteiger partial charge in [-0.3, -0.25) is 4.98 Å². The molecule has 1 aliphatic carbocycles. The molecule has 0 radical (unpaired) electrons. The Morgan fingerprint density at radius 3 is 2.23 bits per heavy atom. The largest absolute Gasteiger partial charge is 0.373 e. The monoisotopic (exact) mass is 458 g/mol. The van der Waals surface area contributed by atoms with Gasteiger partial charge in [-0.2, -0.15) is 0 Å². The molecule has 0 saturated carbocycles. The first-order chi connectivity index (χ1) is 17.0. The highest BCUT2D eigenvalue weighted by Gasteiger charge is 2.26. The van der Waals surface area contributed by atoms with Crippen molar-refractivity contribution in [3.63, 3.8) is 0 Å². The number of nitrogens with one attached hydrogen (secondary N) is 1. The number of aromatic nitrogens is 1. The fourth-order valence-corrected chi connectivity index (χ4v) is 5.21.